The molecule has 0 bridgehead atoms. The highest BCUT2D eigenvalue weighted by molar-refractivity contribution is 6.13. The molecule has 3 nitrogen and oxygen atoms in total. The molecule has 0 aliphatic carbocycles. The molecule has 0 saturated carbocycles. The number of ether oxygens (including phenoxy) is 1. The van der Waals surface area contributed by atoms with Gasteiger partial charge in [0.1, 0.15) is 0 Å². The zero-order chi connectivity index (χ0) is 24.6. The predicted octanol–water partition coefficient (Wildman–Crippen LogP) is 7.09. The van der Waals surface area contributed by atoms with E-state index in [0.29, 0.717) is 5.57 Å². The number of nitrogens with zero attached hydrogens (tertiary/aromatic N) is 1. The average Bonchev–Trinajstić information content (AvgIpc) is 2.92. The lowest BCUT2D eigenvalue weighted by molar-refractivity contribution is -0.136. The van der Waals surface area contributed by atoms with Crippen LogP contribution in [0.5, 0.6) is 0 Å². The second-order valence-electron chi connectivity index (χ2n) is 8.42. The number of aryl methyl sites for hydroxylation is 1. The highest BCUT2D eigenvalue weighted by atomic mass is 16.5. The second-order valence-corrected chi connectivity index (χ2v) is 8.42. The molecule has 0 amide bonds. The molecule has 0 fully saturated rings. The van der Waals surface area contributed by atoms with Crippen LogP contribution in [0.1, 0.15) is 39.8 Å². The van der Waals surface area contributed by atoms with Crippen LogP contribution in [0.15, 0.2) is 132 Å². The van der Waals surface area contributed by atoms with E-state index in [2.05, 4.69) is 43.0 Å². The smallest absolute Gasteiger partial charge is 0.333 e. The van der Waals surface area contributed by atoms with Gasteiger partial charge in [-0.25, -0.2) is 4.79 Å². The fourth-order valence-corrected chi connectivity index (χ4v) is 4.38. The largest absolute Gasteiger partial charge is 0.466 e. The van der Waals surface area contributed by atoms with Gasteiger partial charge in [0.15, 0.2) is 0 Å². The molecule has 0 saturated heterocycles. The fraction of sp³-hybridized carbons (Fsp3) is 0.125. The third-order valence-electron chi connectivity index (χ3n) is 6.17. The Balaban J connectivity index is 2.00. The lowest BCUT2D eigenvalue weighted by atomic mass is 9.80. The number of benzene rings is 4. The summed E-state index contributed by atoms with van der Waals surface area (Å²) in [4.78, 5) is 18.2. The quantitative estimate of drug-likeness (QED) is 0.160. The van der Waals surface area contributed by atoms with Gasteiger partial charge in [0.2, 0.25) is 0 Å². The van der Waals surface area contributed by atoms with Gasteiger partial charge in [-0.3, -0.25) is 4.99 Å². The Bertz CT molecular complexity index is 1270. The molecule has 2 atom stereocenters. The van der Waals surface area contributed by atoms with Crippen LogP contribution in [0.4, 0.5) is 0 Å². The maximum absolute atomic E-state index is 12.8. The van der Waals surface area contributed by atoms with Crippen LogP contribution in [0.2, 0.25) is 0 Å². The van der Waals surface area contributed by atoms with Crippen molar-refractivity contribution in [3.63, 3.8) is 0 Å². The normalized spacial score (nSPS) is 12.3. The minimum Gasteiger partial charge on any atom is -0.466 e. The van der Waals surface area contributed by atoms with E-state index in [1.54, 1.807) is 0 Å². The number of carbonyl (C=O) groups is 1. The van der Waals surface area contributed by atoms with E-state index < -0.39 is 17.9 Å². The summed E-state index contributed by atoms with van der Waals surface area (Å²) in [5.74, 6) is -0.844. The number of aliphatic imine (C=N–C) groups is 1. The van der Waals surface area contributed by atoms with Crippen molar-refractivity contribution in [1.82, 2.24) is 0 Å². The monoisotopic (exact) mass is 459 g/mol. The van der Waals surface area contributed by atoms with Crippen molar-refractivity contribution in [3.05, 3.63) is 155 Å². The van der Waals surface area contributed by atoms with Crippen molar-refractivity contribution in [3.8, 4) is 0 Å². The maximum Gasteiger partial charge on any atom is 0.333 e. The van der Waals surface area contributed by atoms with Crippen LogP contribution in [0.3, 0.4) is 0 Å². The van der Waals surface area contributed by atoms with Crippen LogP contribution >= 0.6 is 0 Å². The number of rotatable bonds is 8. The molecule has 0 N–H and O–H groups in total. The van der Waals surface area contributed by atoms with E-state index in [0.717, 1.165) is 33.5 Å². The van der Waals surface area contributed by atoms with Gasteiger partial charge < -0.3 is 4.74 Å². The van der Waals surface area contributed by atoms with Crippen LogP contribution in [0.25, 0.3) is 0 Å². The van der Waals surface area contributed by atoms with Gasteiger partial charge in [-0.1, -0.05) is 122 Å². The molecule has 0 spiro atoms. The van der Waals surface area contributed by atoms with Crippen LogP contribution in [-0.4, -0.2) is 18.8 Å². The van der Waals surface area contributed by atoms with Gasteiger partial charge in [0.25, 0.3) is 0 Å². The first-order valence-corrected chi connectivity index (χ1v) is 11.7. The summed E-state index contributed by atoms with van der Waals surface area (Å²) < 4.78 is 5.13. The van der Waals surface area contributed by atoms with E-state index in [-0.39, 0.29) is 0 Å². The van der Waals surface area contributed by atoms with E-state index >= 15 is 0 Å². The highest BCUT2D eigenvalue weighted by Gasteiger charge is 2.32. The molecule has 174 valence electrons. The molecule has 35 heavy (non-hydrogen) atoms. The van der Waals surface area contributed by atoms with E-state index in [1.807, 2.05) is 85.8 Å². The molecular formula is C32H29NO2. The van der Waals surface area contributed by atoms with Gasteiger partial charge in [-0.2, -0.15) is 0 Å². The third-order valence-corrected chi connectivity index (χ3v) is 6.17. The molecule has 0 aliphatic rings. The highest BCUT2D eigenvalue weighted by Crippen LogP contribution is 2.41. The van der Waals surface area contributed by atoms with Crippen molar-refractivity contribution in [1.29, 1.82) is 0 Å². The first-order valence-electron chi connectivity index (χ1n) is 11.7. The minimum atomic E-state index is -0.435. The first-order chi connectivity index (χ1) is 17.1. The second kappa shape index (κ2) is 11.3. The Kier molecular flexibility index (Phi) is 7.69. The SMILES string of the molecule is C=C(C(=O)OC)[C@@H](c1ccccc1C)[C@@H](N=C(c1ccccc1)c1ccccc1)c1ccccc1. The number of carbonyl (C=O) groups excluding carboxylic acids is 1. The van der Waals surface area contributed by atoms with Gasteiger partial charge in [0.05, 0.1) is 18.9 Å². The van der Waals surface area contributed by atoms with Crippen molar-refractivity contribution in [2.24, 2.45) is 4.99 Å². The van der Waals surface area contributed by atoms with Gasteiger partial charge >= 0.3 is 5.97 Å². The molecular weight excluding hydrogens is 430 g/mol. The van der Waals surface area contributed by atoms with Crippen LogP contribution < -0.4 is 0 Å². The Hall–Kier alpha value is -4.24. The lowest BCUT2D eigenvalue weighted by Gasteiger charge is -2.28. The summed E-state index contributed by atoms with van der Waals surface area (Å²) in [6.07, 6.45) is 0. The third kappa shape index (κ3) is 5.47. The lowest BCUT2D eigenvalue weighted by Crippen LogP contribution is -2.21. The Morgan fingerprint density at radius 3 is 1.74 bits per heavy atom. The number of esters is 1. The summed E-state index contributed by atoms with van der Waals surface area (Å²) in [7, 11) is 1.39. The molecule has 4 rings (SSSR count). The molecule has 0 aromatic heterocycles. The van der Waals surface area contributed by atoms with Crippen molar-refractivity contribution in [2.75, 3.05) is 7.11 Å². The Morgan fingerprint density at radius 1 is 0.743 bits per heavy atom. The standard InChI is InChI=1S/C32H29NO2/c1-23-15-13-14-22-28(23)29(24(2)32(34)35-3)31(27-20-11-6-12-21-27)33-30(25-16-7-4-8-17-25)26-18-9-5-10-19-26/h4-22,29,31H,2H2,1,3H3/t29-,31-/m0/s1. The van der Waals surface area contributed by atoms with E-state index in [9.17, 15) is 4.79 Å². The molecule has 0 heterocycles. The van der Waals surface area contributed by atoms with Gasteiger partial charge in [-0.05, 0) is 23.6 Å². The van der Waals surface area contributed by atoms with E-state index in [1.165, 1.54) is 7.11 Å². The topological polar surface area (TPSA) is 38.7 Å². The zero-order valence-electron chi connectivity index (χ0n) is 20.1. The molecule has 0 radical (unpaired) electrons. The fourth-order valence-electron chi connectivity index (χ4n) is 4.38. The summed E-state index contributed by atoms with van der Waals surface area (Å²) in [6.45, 7) is 6.25. The predicted molar refractivity (Wildman–Crippen MR) is 143 cm³/mol. The summed E-state index contributed by atoms with van der Waals surface area (Å²) in [6, 6.07) is 38.0. The Morgan fingerprint density at radius 2 is 1.23 bits per heavy atom. The first kappa shape index (κ1) is 23.9. The van der Waals surface area contributed by atoms with E-state index in [4.69, 9.17) is 9.73 Å². The molecule has 4 aromatic rings. The maximum atomic E-state index is 12.8. The summed E-state index contributed by atoms with van der Waals surface area (Å²) >= 11 is 0. The number of hydrogen-bond donors (Lipinski definition) is 0. The van der Waals surface area contributed by atoms with Gasteiger partial charge in [0, 0.05) is 22.6 Å². The average molecular weight is 460 g/mol. The number of hydrogen-bond acceptors (Lipinski definition) is 3. The summed E-state index contributed by atoms with van der Waals surface area (Å²) in [5, 5.41) is 0. The van der Waals surface area contributed by atoms with Crippen molar-refractivity contribution in [2.45, 2.75) is 18.9 Å². The molecule has 0 unspecified atom stereocenters. The summed E-state index contributed by atoms with van der Waals surface area (Å²) in [5.41, 5.74) is 6.31. The van der Waals surface area contributed by atoms with Crippen molar-refractivity contribution < 1.29 is 9.53 Å². The van der Waals surface area contributed by atoms with Gasteiger partial charge in [-0.15, -0.1) is 0 Å². The molecule has 0 aliphatic heterocycles. The van der Waals surface area contributed by atoms with Crippen LogP contribution in [-0.2, 0) is 9.53 Å². The van der Waals surface area contributed by atoms with Crippen molar-refractivity contribution >= 4 is 11.7 Å². The zero-order valence-corrected chi connectivity index (χ0v) is 20.1. The molecule has 3 heteroatoms. The Labute approximate surface area is 207 Å². The van der Waals surface area contributed by atoms with Crippen LogP contribution in [0, 0.1) is 6.92 Å². The number of methoxy groups -OCH3 is 1. The minimum absolute atomic E-state index is 0.375. The molecule has 4 aromatic carbocycles.